The molecule has 10 heteroatoms. The molecule has 0 bridgehead atoms. The Labute approximate surface area is 119 Å². The van der Waals surface area contributed by atoms with Crippen molar-refractivity contribution in [3.05, 3.63) is 34.9 Å². The van der Waals surface area contributed by atoms with E-state index in [1.165, 1.54) is 0 Å². The topological polar surface area (TPSA) is 41.1 Å². The molecule has 2 rings (SSSR count). The lowest BCUT2D eigenvalue weighted by Gasteiger charge is -2.16. The summed E-state index contributed by atoms with van der Waals surface area (Å²) in [4.78, 5) is 11.5. The largest absolute Gasteiger partial charge is 0.416 e. The van der Waals surface area contributed by atoms with Crippen LogP contribution in [0.2, 0.25) is 0 Å². The highest BCUT2D eigenvalue weighted by Crippen LogP contribution is 2.37. The highest BCUT2D eigenvalue weighted by atomic mass is 32.1. The summed E-state index contributed by atoms with van der Waals surface area (Å²) in [5.41, 5.74) is -3.44. The quantitative estimate of drug-likeness (QED) is 0.615. The zero-order chi connectivity index (χ0) is 16.0. The minimum absolute atomic E-state index is 0.00528. The van der Waals surface area contributed by atoms with Gasteiger partial charge in [0, 0.05) is 0 Å². The zero-order valence-electron chi connectivity index (χ0n) is 9.89. The van der Waals surface area contributed by atoms with Gasteiger partial charge in [-0.25, -0.2) is 0 Å². The smallest absolute Gasteiger partial charge is 0.347 e. The molecule has 0 aromatic heterocycles. The van der Waals surface area contributed by atoms with Gasteiger partial charge in [-0.2, -0.15) is 26.3 Å². The first kappa shape index (κ1) is 15.5. The number of hydrogen-bond acceptors (Lipinski definition) is 2. The van der Waals surface area contributed by atoms with Crippen LogP contribution >= 0.6 is 12.2 Å². The molecule has 0 aliphatic carbocycles. The number of amides is 1. The van der Waals surface area contributed by atoms with Crippen LogP contribution in [0.25, 0.3) is 0 Å². The third-order valence-electron chi connectivity index (χ3n) is 2.72. The van der Waals surface area contributed by atoms with Crippen molar-refractivity contribution in [2.75, 3.05) is 0 Å². The molecule has 1 saturated heterocycles. The molecule has 1 heterocycles. The van der Waals surface area contributed by atoms with Crippen LogP contribution in [0.1, 0.15) is 22.7 Å². The van der Waals surface area contributed by atoms with Crippen LogP contribution in [-0.2, 0) is 17.1 Å². The molecule has 1 aliphatic heterocycles. The Hall–Kier alpha value is -1.84. The van der Waals surface area contributed by atoms with Crippen LogP contribution in [-0.4, -0.2) is 11.0 Å². The molecular formula is C11H6F6N2OS. The molecule has 1 fully saturated rings. The Morgan fingerprint density at radius 1 is 0.952 bits per heavy atom. The zero-order valence-corrected chi connectivity index (χ0v) is 10.7. The van der Waals surface area contributed by atoms with Crippen LogP contribution in [0.5, 0.6) is 0 Å². The van der Waals surface area contributed by atoms with Crippen LogP contribution in [0.3, 0.4) is 0 Å². The molecule has 1 aromatic carbocycles. The van der Waals surface area contributed by atoms with E-state index < -0.39 is 41.0 Å². The maximum Gasteiger partial charge on any atom is 0.416 e. The summed E-state index contributed by atoms with van der Waals surface area (Å²) < 4.78 is 76.1. The average Bonchev–Trinajstić information content (AvgIpc) is 2.65. The minimum atomic E-state index is -4.97. The summed E-state index contributed by atoms with van der Waals surface area (Å²) in [5.74, 6) is -0.813. The maximum absolute atomic E-state index is 12.7. The Balaban J connectivity index is 2.56. The third-order valence-corrected chi connectivity index (χ3v) is 2.94. The van der Waals surface area contributed by atoms with E-state index in [1.54, 1.807) is 0 Å². The van der Waals surface area contributed by atoms with E-state index in [-0.39, 0.29) is 11.2 Å². The molecule has 3 nitrogen and oxygen atoms in total. The second kappa shape index (κ2) is 4.86. The van der Waals surface area contributed by atoms with Gasteiger partial charge in [0.05, 0.1) is 11.1 Å². The maximum atomic E-state index is 12.7. The molecule has 21 heavy (non-hydrogen) atoms. The van der Waals surface area contributed by atoms with E-state index in [9.17, 15) is 31.1 Å². The van der Waals surface area contributed by atoms with Crippen molar-refractivity contribution < 1.29 is 31.1 Å². The van der Waals surface area contributed by atoms with Crippen molar-refractivity contribution in [3.8, 4) is 0 Å². The minimum Gasteiger partial charge on any atom is -0.347 e. The molecule has 1 aliphatic rings. The van der Waals surface area contributed by atoms with Crippen molar-refractivity contribution in [1.29, 1.82) is 0 Å². The molecule has 1 unspecified atom stereocenters. The lowest BCUT2D eigenvalue weighted by atomic mass is 9.99. The summed E-state index contributed by atoms with van der Waals surface area (Å²) in [7, 11) is 0. The highest BCUT2D eigenvalue weighted by molar-refractivity contribution is 7.80. The number of alkyl halides is 6. The number of benzene rings is 1. The van der Waals surface area contributed by atoms with Gasteiger partial charge in [0.25, 0.3) is 5.91 Å². The first-order chi connectivity index (χ1) is 9.48. The molecule has 0 saturated carbocycles. The number of halogens is 6. The number of thiocarbonyl (C=S) groups is 1. The summed E-state index contributed by atoms with van der Waals surface area (Å²) in [6, 6.07) is -0.420. The van der Waals surface area contributed by atoms with Crippen LogP contribution in [0, 0.1) is 0 Å². The molecule has 114 valence electrons. The SMILES string of the molecule is O=C1NC(=S)NC1c1cc(C(F)(F)F)cc(C(F)(F)F)c1. The van der Waals surface area contributed by atoms with Gasteiger partial charge in [-0.05, 0) is 36.0 Å². The lowest BCUT2D eigenvalue weighted by molar-refractivity contribution is -0.143. The second-order valence-corrected chi connectivity index (χ2v) is 4.64. The molecule has 1 aromatic rings. The Morgan fingerprint density at radius 3 is 1.76 bits per heavy atom. The number of rotatable bonds is 1. The van der Waals surface area contributed by atoms with Gasteiger partial charge < -0.3 is 10.6 Å². The van der Waals surface area contributed by atoms with E-state index in [4.69, 9.17) is 0 Å². The fourth-order valence-corrected chi connectivity index (χ4v) is 2.02. The fourth-order valence-electron chi connectivity index (χ4n) is 1.80. The van der Waals surface area contributed by atoms with Crippen molar-refractivity contribution in [1.82, 2.24) is 10.6 Å². The van der Waals surface area contributed by atoms with Gasteiger partial charge in [0.15, 0.2) is 5.11 Å². The first-order valence-electron chi connectivity index (χ1n) is 5.39. The normalized spacial score (nSPS) is 19.4. The predicted molar refractivity (Wildman–Crippen MR) is 63.1 cm³/mol. The molecular weight excluding hydrogens is 322 g/mol. The number of carbonyl (C=O) groups excluding carboxylic acids is 1. The van der Waals surface area contributed by atoms with Crippen molar-refractivity contribution in [2.45, 2.75) is 18.4 Å². The van der Waals surface area contributed by atoms with Crippen LogP contribution in [0.4, 0.5) is 26.3 Å². The summed E-state index contributed by atoms with van der Waals surface area (Å²) >= 11 is 4.60. The van der Waals surface area contributed by atoms with E-state index >= 15 is 0 Å². The molecule has 0 spiro atoms. The van der Waals surface area contributed by atoms with Gasteiger partial charge in [0.2, 0.25) is 0 Å². The summed E-state index contributed by atoms with van der Waals surface area (Å²) in [6.45, 7) is 0. The van der Waals surface area contributed by atoms with Gasteiger partial charge in [-0.15, -0.1) is 0 Å². The fraction of sp³-hybridized carbons (Fsp3) is 0.273. The molecule has 2 N–H and O–H groups in total. The predicted octanol–water partition coefficient (Wildman–Crippen LogP) is 2.77. The summed E-state index contributed by atoms with van der Waals surface area (Å²) in [5, 5.41) is 4.26. The van der Waals surface area contributed by atoms with E-state index in [1.807, 2.05) is 0 Å². The monoisotopic (exact) mass is 328 g/mol. The lowest BCUT2D eigenvalue weighted by Crippen LogP contribution is -2.22. The Morgan fingerprint density at radius 2 is 1.43 bits per heavy atom. The first-order valence-corrected chi connectivity index (χ1v) is 5.80. The van der Waals surface area contributed by atoms with Gasteiger partial charge >= 0.3 is 12.4 Å². The van der Waals surface area contributed by atoms with Gasteiger partial charge in [-0.3, -0.25) is 4.79 Å². The number of nitrogens with one attached hydrogen (secondary N) is 2. The van der Waals surface area contributed by atoms with Crippen LogP contribution in [0.15, 0.2) is 18.2 Å². The van der Waals surface area contributed by atoms with Crippen molar-refractivity contribution >= 4 is 23.2 Å². The van der Waals surface area contributed by atoms with E-state index in [0.29, 0.717) is 12.1 Å². The molecule has 0 radical (unpaired) electrons. The van der Waals surface area contributed by atoms with Gasteiger partial charge in [-0.1, -0.05) is 0 Å². The van der Waals surface area contributed by atoms with Crippen molar-refractivity contribution in [3.63, 3.8) is 0 Å². The standard InChI is InChI=1S/C11H6F6N2OS/c12-10(13,14)5-1-4(2-6(3-5)11(15,16)17)7-8(20)19-9(21)18-7/h1-3,7H,(H2,18,19,20,21). The number of hydrogen-bond donors (Lipinski definition) is 2. The Kier molecular flexibility index (Phi) is 3.60. The van der Waals surface area contributed by atoms with Crippen molar-refractivity contribution in [2.24, 2.45) is 0 Å². The van der Waals surface area contributed by atoms with Gasteiger partial charge in [0.1, 0.15) is 6.04 Å². The second-order valence-electron chi connectivity index (χ2n) is 4.23. The van der Waals surface area contributed by atoms with Crippen LogP contribution < -0.4 is 10.6 Å². The highest BCUT2D eigenvalue weighted by Gasteiger charge is 2.39. The average molecular weight is 328 g/mol. The molecule has 1 amide bonds. The van der Waals surface area contributed by atoms with E-state index in [0.717, 1.165) is 0 Å². The number of carbonyl (C=O) groups is 1. The molecule has 1 atom stereocenters. The summed E-state index contributed by atoms with van der Waals surface area (Å²) in [6.07, 6.45) is -9.93. The Bertz CT molecular complexity index is 577. The van der Waals surface area contributed by atoms with E-state index in [2.05, 4.69) is 22.9 Å². The third kappa shape index (κ3) is 3.26.